The van der Waals surface area contributed by atoms with Crippen molar-refractivity contribution in [1.29, 1.82) is 0 Å². The first kappa shape index (κ1) is 22.6. The van der Waals surface area contributed by atoms with Gasteiger partial charge in [0.15, 0.2) is 5.82 Å². The number of aromatic nitrogens is 3. The van der Waals surface area contributed by atoms with E-state index in [1.807, 2.05) is 44.2 Å². The highest BCUT2D eigenvalue weighted by Gasteiger charge is 2.36. The molecule has 0 bridgehead atoms. The Labute approximate surface area is 193 Å². The normalized spacial score (nSPS) is 15.8. The zero-order valence-electron chi connectivity index (χ0n) is 19.5. The average molecular weight is 448 g/mol. The van der Waals surface area contributed by atoms with Gasteiger partial charge in [-0.2, -0.15) is 0 Å². The van der Waals surface area contributed by atoms with E-state index in [0.29, 0.717) is 47.2 Å². The molecule has 0 radical (unpaired) electrons. The van der Waals surface area contributed by atoms with E-state index in [-0.39, 0.29) is 23.8 Å². The molecule has 3 heterocycles. The van der Waals surface area contributed by atoms with Crippen LogP contribution in [0, 0.1) is 13.8 Å². The standard InChI is InChI=1S/C25H29N5O3/c1-15(2)22-21(17(4)33-29-22)25(32)30-12-8-11-20(30)23-26-14-19(16(3)28-23)24(31)27-13-18-9-6-5-7-10-18/h5-7,9-10,14-15,20H,8,11-13H2,1-4H3,(H,27,31)/t20-/m0/s1. The molecular weight excluding hydrogens is 418 g/mol. The van der Waals surface area contributed by atoms with Crippen LogP contribution in [0.5, 0.6) is 0 Å². The fourth-order valence-electron chi connectivity index (χ4n) is 4.21. The third-order valence-electron chi connectivity index (χ3n) is 6.00. The largest absolute Gasteiger partial charge is 0.361 e. The minimum Gasteiger partial charge on any atom is -0.361 e. The van der Waals surface area contributed by atoms with Crippen LogP contribution >= 0.6 is 0 Å². The van der Waals surface area contributed by atoms with Gasteiger partial charge in [-0.3, -0.25) is 9.59 Å². The van der Waals surface area contributed by atoms with Crippen LogP contribution in [-0.4, -0.2) is 38.4 Å². The van der Waals surface area contributed by atoms with Crippen LogP contribution in [0.4, 0.5) is 0 Å². The fourth-order valence-corrected chi connectivity index (χ4v) is 4.21. The molecule has 172 valence electrons. The van der Waals surface area contributed by atoms with Gasteiger partial charge in [-0.05, 0) is 38.2 Å². The van der Waals surface area contributed by atoms with Crippen molar-refractivity contribution in [1.82, 2.24) is 25.3 Å². The van der Waals surface area contributed by atoms with Crippen LogP contribution in [0.1, 0.15) is 87.9 Å². The summed E-state index contributed by atoms with van der Waals surface area (Å²) < 4.78 is 5.32. The molecule has 33 heavy (non-hydrogen) atoms. The second kappa shape index (κ2) is 9.52. The zero-order chi connectivity index (χ0) is 23.5. The maximum atomic E-state index is 13.4. The Hall–Kier alpha value is -3.55. The molecule has 1 fully saturated rings. The van der Waals surface area contributed by atoms with Crippen molar-refractivity contribution >= 4 is 11.8 Å². The van der Waals surface area contributed by atoms with Crippen LogP contribution in [0.15, 0.2) is 41.1 Å². The van der Waals surface area contributed by atoms with Crippen LogP contribution in [0.25, 0.3) is 0 Å². The number of carbonyl (C=O) groups excluding carboxylic acids is 2. The molecule has 0 saturated carbocycles. The van der Waals surface area contributed by atoms with Crippen LogP contribution < -0.4 is 5.32 Å². The van der Waals surface area contributed by atoms with Crippen LogP contribution in [0.2, 0.25) is 0 Å². The molecule has 1 atom stereocenters. The summed E-state index contributed by atoms with van der Waals surface area (Å²) in [6.07, 6.45) is 3.19. The molecule has 8 heteroatoms. The number of carbonyl (C=O) groups is 2. The van der Waals surface area contributed by atoms with Crippen molar-refractivity contribution in [2.45, 2.75) is 59.0 Å². The van der Waals surface area contributed by atoms with Crippen molar-refractivity contribution in [2.24, 2.45) is 0 Å². The molecule has 1 saturated heterocycles. The second-order valence-electron chi connectivity index (χ2n) is 8.71. The van der Waals surface area contributed by atoms with E-state index in [2.05, 4.69) is 20.4 Å². The summed E-state index contributed by atoms with van der Waals surface area (Å²) in [4.78, 5) is 37.0. The Balaban J connectivity index is 1.52. The van der Waals surface area contributed by atoms with E-state index in [1.54, 1.807) is 24.9 Å². The lowest BCUT2D eigenvalue weighted by atomic mass is 10.0. The highest BCUT2D eigenvalue weighted by Crippen LogP contribution is 2.33. The predicted molar refractivity (Wildman–Crippen MR) is 123 cm³/mol. The smallest absolute Gasteiger partial charge is 0.260 e. The Morgan fingerprint density at radius 1 is 1.21 bits per heavy atom. The number of benzene rings is 1. The Bertz CT molecular complexity index is 1160. The van der Waals surface area contributed by atoms with Crippen molar-refractivity contribution < 1.29 is 14.1 Å². The summed E-state index contributed by atoms with van der Waals surface area (Å²) in [5.41, 5.74) is 3.25. The first-order valence-electron chi connectivity index (χ1n) is 11.3. The highest BCUT2D eigenvalue weighted by atomic mass is 16.5. The lowest BCUT2D eigenvalue weighted by molar-refractivity contribution is 0.0725. The molecule has 1 aliphatic rings. The molecule has 0 unspecified atom stereocenters. The van der Waals surface area contributed by atoms with Gasteiger partial charge >= 0.3 is 0 Å². The molecule has 4 rings (SSSR count). The lowest BCUT2D eigenvalue weighted by Crippen LogP contribution is -2.33. The van der Waals surface area contributed by atoms with Gasteiger partial charge in [0, 0.05) is 19.3 Å². The predicted octanol–water partition coefficient (Wildman–Crippen LogP) is 4.11. The van der Waals surface area contributed by atoms with Gasteiger partial charge in [0.05, 0.1) is 23.0 Å². The number of likely N-dealkylation sites (tertiary alicyclic amines) is 1. The number of aryl methyl sites for hydroxylation is 2. The Morgan fingerprint density at radius 3 is 2.67 bits per heavy atom. The van der Waals surface area contributed by atoms with E-state index < -0.39 is 0 Å². The Kier molecular flexibility index (Phi) is 6.53. The van der Waals surface area contributed by atoms with Crippen molar-refractivity contribution in [3.8, 4) is 0 Å². The van der Waals surface area contributed by atoms with Gasteiger partial charge in [-0.1, -0.05) is 49.3 Å². The molecule has 1 N–H and O–H groups in total. The molecule has 0 aliphatic carbocycles. The number of nitrogens with zero attached hydrogens (tertiary/aromatic N) is 4. The number of amides is 2. The molecule has 0 spiro atoms. The summed E-state index contributed by atoms with van der Waals surface area (Å²) in [7, 11) is 0. The number of rotatable bonds is 6. The third kappa shape index (κ3) is 4.65. The van der Waals surface area contributed by atoms with Gasteiger partial charge in [0.1, 0.15) is 11.3 Å². The maximum Gasteiger partial charge on any atom is 0.260 e. The summed E-state index contributed by atoms with van der Waals surface area (Å²) in [5.74, 6) is 0.833. The van der Waals surface area contributed by atoms with Crippen molar-refractivity contribution in [3.63, 3.8) is 0 Å². The average Bonchev–Trinajstić information content (AvgIpc) is 3.45. The molecular formula is C25H29N5O3. The SMILES string of the molecule is Cc1nc([C@@H]2CCCN2C(=O)c2c(C(C)C)noc2C)ncc1C(=O)NCc1ccccc1. The Morgan fingerprint density at radius 2 is 1.97 bits per heavy atom. The minimum atomic E-state index is -0.244. The first-order chi connectivity index (χ1) is 15.9. The van der Waals surface area contributed by atoms with Gasteiger partial charge in [0.2, 0.25) is 0 Å². The molecule has 2 amide bonds. The molecule has 1 aromatic carbocycles. The number of nitrogens with one attached hydrogen (secondary N) is 1. The summed E-state index contributed by atoms with van der Waals surface area (Å²) in [6, 6.07) is 9.48. The van der Waals surface area contributed by atoms with Crippen molar-refractivity contribution in [3.05, 3.63) is 76.2 Å². The fraction of sp³-hybridized carbons (Fsp3) is 0.400. The monoisotopic (exact) mass is 447 g/mol. The van der Waals surface area contributed by atoms with E-state index in [0.717, 1.165) is 18.4 Å². The number of hydrogen-bond acceptors (Lipinski definition) is 6. The topological polar surface area (TPSA) is 101 Å². The van der Waals surface area contributed by atoms with Gasteiger partial charge in [-0.15, -0.1) is 0 Å². The zero-order valence-corrected chi connectivity index (χ0v) is 19.5. The van der Waals surface area contributed by atoms with Crippen molar-refractivity contribution in [2.75, 3.05) is 6.54 Å². The molecule has 2 aromatic heterocycles. The lowest BCUT2D eigenvalue weighted by Gasteiger charge is -2.24. The van der Waals surface area contributed by atoms with Gasteiger partial charge < -0.3 is 14.7 Å². The highest BCUT2D eigenvalue weighted by molar-refractivity contribution is 5.97. The molecule has 3 aromatic rings. The van der Waals surface area contributed by atoms with E-state index in [4.69, 9.17) is 4.52 Å². The van der Waals surface area contributed by atoms with Gasteiger partial charge in [-0.25, -0.2) is 9.97 Å². The number of hydrogen-bond donors (Lipinski definition) is 1. The quantitative estimate of drug-likeness (QED) is 0.610. The summed E-state index contributed by atoms with van der Waals surface area (Å²) >= 11 is 0. The first-order valence-corrected chi connectivity index (χ1v) is 11.3. The van der Waals surface area contributed by atoms with Crippen LogP contribution in [-0.2, 0) is 6.54 Å². The van der Waals surface area contributed by atoms with Crippen LogP contribution in [0.3, 0.4) is 0 Å². The van der Waals surface area contributed by atoms with E-state index in [1.165, 1.54) is 0 Å². The molecule has 1 aliphatic heterocycles. The minimum absolute atomic E-state index is 0.0784. The summed E-state index contributed by atoms with van der Waals surface area (Å²) in [5, 5.41) is 7.00. The third-order valence-corrected chi connectivity index (χ3v) is 6.00. The molecule has 8 nitrogen and oxygen atoms in total. The maximum absolute atomic E-state index is 13.4. The summed E-state index contributed by atoms with van der Waals surface area (Å²) in [6.45, 7) is 8.59. The van der Waals surface area contributed by atoms with Gasteiger partial charge in [0.25, 0.3) is 11.8 Å². The second-order valence-corrected chi connectivity index (χ2v) is 8.71. The van der Waals surface area contributed by atoms with E-state index in [9.17, 15) is 9.59 Å². The van der Waals surface area contributed by atoms with E-state index >= 15 is 0 Å².